The van der Waals surface area contributed by atoms with E-state index in [0.29, 0.717) is 11.4 Å². The van der Waals surface area contributed by atoms with Gasteiger partial charge in [0.2, 0.25) is 10.0 Å². The van der Waals surface area contributed by atoms with E-state index in [-0.39, 0.29) is 5.41 Å². The van der Waals surface area contributed by atoms with Crippen molar-refractivity contribution in [2.75, 3.05) is 13.6 Å². The van der Waals surface area contributed by atoms with Gasteiger partial charge in [0.15, 0.2) is 0 Å². The monoisotopic (exact) mass is 284 g/mol. The Balaban J connectivity index is 2.67. The third kappa shape index (κ3) is 5.72. The molecular formula is C14H24N2O2S. The van der Waals surface area contributed by atoms with Gasteiger partial charge in [-0.15, -0.1) is 0 Å². The highest BCUT2D eigenvalue weighted by Gasteiger charge is 2.16. The van der Waals surface area contributed by atoms with Gasteiger partial charge in [0, 0.05) is 13.1 Å². The van der Waals surface area contributed by atoms with Crippen LogP contribution < -0.4 is 10.0 Å². The quantitative estimate of drug-likeness (QED) is 0.841. The normalized spacial score (nSPS) is 12.6. The lowest BCUT2D eigenvalue weighted by Crippen LogP contribution is -2.27. The van der Waals surface area contributed by atoms with Gasteiger partial charge >= 0.3 is 0 Å². The molecule has 0 bridgehead atoms. The maximum Gasteiger partial charge on any atom is 0.240 e. The molecule has 0 aliphatic rings. The molecule has 1 rings (SSSR count). The van der Waals surface area contributed by atoms with E-state index >= 15 is 0 Å². The Bertz CT molecular complexity index is 487. The van der Waals surface area contributed by atoms with Gasteiger partial charge in [-0.25, -0.2) is 13.1 Å². The van der Waals surface area contributed by atoms with Crippen LogP contribution in [0.2, 0.25) is 0 Å². The average molecular weight is 284 g/mol. The van der Waals surface area contributed by atoms with Crippen molar-refractivity contribution >= 4 is 10.0 Å². The van der Waals surface area contributed by atoms with Crippen molar-refractivity contribution < 1.29 is 8.42 Å². The average Bonchev–Trinajstić information content (AvgIpc) is 2.28. The van der Waals surface area contributed by atoms with Crippen molar-refractivity contribution in [3.8, 4) is 0 Å². The maximum absolute atomic E-state index is 12.1. The van der Waals surface area contributed by atoms with Crippen LogP contribution in [0, 0.1) is 5.41 Å². The van der Waals surface area contributed by atoms with Gasteiger partial charge in [0.05, 0.1) is 4.90 Å². The number of benzene rings is 1. The van der Waals surface area contributed by atoms with Crippen LogP contribution in [0.1, 0.15) is 32.8 Å². The molecule has 4 nitrogen and oxygen atoms in total. The third-order valence-electron chi connectivity index (χ3n) is 2.78. The fourth-order valence-corrected chi connectivity index (χ4v) is 2.67. The summed E-state index contributed by atoms with van der Waals surface area (Å²) in [7, 11) is -1.52. The van der Waals surface area contributed by atoms with Crippen LogP contribution in [0.5, 0.6) is 0 Å². The minimum absolute atomic E-state index is 0.124. The van der Waals surface area contributed by atoms with Crippen LogP contribution in [0.4, 0.5) is 0 Å². The summed E-state index contributed by atoms with van der Waals surface area (Å²) in [6.07, 6.45) is 0.810. The van der Waals surface area contributed by atoms with E-state index < -0.39 is 10.0 Å². The zero-order valence-electron chi connectivity index (χ0n) is 12.2. The highest BCUT2D eigenvalue weighted by molar-refractivity contribution is 7.89. The zero-order chi connectivity index (χ0) is 14.5. The molecule has 0 heterocycles. The van der Waals surface area contributed by atoms with Crippen molar-refractivity contribution in [3.05, 3.63) is 29.8 Å². The largest absolute Gasteiger partial charge is 0.316 e. The molecule has 0 radical (unpaired) electrons. The van der Waals surface area contributed by atoms with Crippen molar-refractivity contribution in [3.63, 3.8) is 0 Å². The highest BCUT2D eigenvalue weighted by Crippen LogP contribution is 2.18. The Morgan fingerprint density at radius 3 is 2.16 bits per heavy atom. The van der Waals surface area contributed by atoms with Crippen molar-refractivity contribution in [2.24, 2.45) is 5.41 Å². The summed E-state index contributed by atoms with van der Waals surface area (Å²) < 4.78 is 26.8. The first-order chi connectivity index (χ1) is 8.74. The molecule has 0 saturated heterocycles. The highest BCUT2D eigenvalue weighted by atomic mass is 32.2. The molecule has 0 amide bonds. The van der Waals surface area contributed by atoms with Gasteiger partial charge in [-0.05, 0) is 36.6 Å². The molecule has 5 heteroatoms. The summed E-state index contributed by atoms with van der Waals surface area (Å²) in [6, 6.07) is 6.95. The zero-order valence-corrected chi connectivity index (χ0v) is 13.0. The molecule has 0 saturated carbocycles. The molecule has 1 aromatic rings. The van der Waals surface area contributed by atoms with E-state index in [0.717, 1.165) is 18.5 Å². The summed E-state index contributed by atoms with van der Waals surface area (Å²) in [6.45, 7) is 7.47. The van der Waals surface area contributed by atoms with Crippen LogP contribution in [0.25, 0.3) is 0 Å². The molecule has 1 aromatic carbocycles. The van der Waals surface area contributed by atoms with Crippen LogP contribution in [-0.2, 0) is 16.6 Å². The molecule has 0 aromatic heterocycles. The van der Waals surface area contributed by atoms with E-state index in [1.807, 2.05) is 19.2 Å². The molecule has 0 atom stereocenters. The summed E-state index contributed by atoms with van der Waals surface area (Å²) in [5.74, 6) is 0. The molecular weight excluding hydrogens is 260 g/mol. The minimum Gasteiger partial charge on any atom is -0.316 e. The lowest BCUT2D eigenvalue weighted by molar-refractivity contribution is 0.378. The topological polar surface area (TPSA) is 58.2 Å². The Hall–Kier alpha value is -0.910. The first-order valence-electron chi connectivity index (χ1n) is 6.48. The Kier molecular flexibility index (Phi) is 5.52. The SMILES string of the molecule is CNCc1ccc(S(=O)(=O)NCCC(C)(C)C)cc1. The number of hydrogen-bond donors (Lipinski definition) is 2. The van der Waals surface area contributed by atoms with Crippen molar-refractivity contribution in [1.29, 1.82) is 0 Å². The second-order valence-corrected chi connectivity index (χ2v) is 7.65. The van der Waals surface area contributed by atoms with Crippen LogP contribution in [-0.4, -0.2) is 22.0 Å². The molecule has 108 valence electrons. The van der Waals surface area contributed by atoms with Crippen LogP contribution in [0.15, 0.2) is 29.2 Å². The van der Waals surface area contributed by atoms with Gasteiger partial charge in [-0.2, -0.15) is 0 Å². The Labute approximate surface area is 116 Å². The summed E-state index contributed by atoms with van der Waals surface area (Å²) in [5, 5.41) is 3.03. The van der Waals surface area contributed by atoms with E-state index in [2.05, 4.69) is 30.8 Å². The number of nitrogens with one attached hydrogen (secondary N) is 2. The third-order valence-corrected chi connectivity index (χ3v) is 4.26. The van der Waals surface area contributed by atoms with E-state index in [4.69, 9.17) is 0 Å². The van der Waals surface area contributed by atoms with Gasteiger partial charge in [-0.3, -0.25) is 0 Å². The van der Waals surface area contributed by atoms with Crippen LogP contribution >= 0.6 is 0 Å². The fraction of sp³-hybridized carbons (Fsp3) is 0.571. The first kappa shape index (κ1) is 16.1. The van der Waals surface area contributed by atoms with Gasteiger partial charge in [0.25, 0.3) is 0 Å². The number of rotatable bonds is 6. The molecule has 0 fully saturated rings. The van der Waals surface area contributed by atoms with Crippen molar-refractivity contribution in [2.45, 2.75) is 38.6 Å². The molecule has 2 N–H and O–H groups in total. The Morgan fingerprint density at radius 1 is 1.11 bits per heavy atom. The summed E-state index contributed by atoms with van der Waals surface area (Å²) >= 11 is 0. The lowest BCUT2D eigenvalue weighted by Gasteiger charge is -2.18. The molecule has 0 aliphatic heterocycles. The smallest absolute Gasteiger partial charge is 0.240 e. The predicted octanol–water partition coefficient (Wildman–Crippen LogP) is 2.12. The van der Waals surface area contributed by atoms with Crippen LogP contribution in [0.3, 0.4) is 0 Å². The fourth-order valence-electron chi connectivity index (χ4n) is 1.63. The van der Waals surface area contributed by atoms with Gasteiger partial charge in [-0.1, -0.05) is 32.9 Å². The molecule has 0 unspecified atom stereocenters. The standard InChI is InChI=1S/C14H24N2O2S/c1-14(2,3)9-10-16-19(17,18)13-7-5-12(6-8-13)11-15-4/h5-8,15-16H,9-11H2,1-4H3. The number of sulfonamides is 1. The predicted molar refractivity (Wildman–Crippen MR) is 78.5 cm³/mol. The van der Waals surface area contributed by atoms with E-state index in [9.17, 15) is 8.42 Å². The van der Waals surface area contributed by atoms with Crippen molar-refractivity contribution in [1.82, 2.24) is 10.0 Å². The van der Waals surface area contributed by atoms with E-state index in [1.54, 1.807) is 12.1 Å². The lowest BCUT2D eigenvalue weighted by atomic mass is 9.93. The second kappa shape index (κ2) is 6.50. The maximum atomic E-state index is 12.1. The minimum atomic E-state index is -3.38. The first-order valence-corrected chi connectivity index (χ1v) is 7.96. The summed E-state index contributed by atoms with van der Waals surface area (Å²) in [4.78, 5) is 0.321. The number of hydrogen-bond acceptors (Lipinski definition) is 3. The Morgan fingerprint density at radius 2 is 1.68 bits per heavy atom. The van der Waals surface area contributed by atoms with Gasteiger partial charge < -0.3 is 5.32 Å². The molecule has 19 heavy (non-hydrogen) atoms. The summed E-state index contributed by atoms with van der Waals surface area (Å²) in [5.41, 5.74) is 1.19. The second-order valence-electron chi connectivity index (χ2n) is 5.88. The van der Waals surface area contributed by atoms with E-state index in [1.165, 1.54) is 0 Å². The molecule has 0 aliphatic carbocycles. The molecule has 0 spiro atoms. The van der Waals surface area contributed by atoms with Gasteiger partial charge in [0.1, 0.15) is 0 Å².